The molecule has 0 fully saturated rings. The van der Waals surface area contributed by atoms with Gasteiger partial charge in [-0.3, -0.25) is 0 Å². The van der Waals surface area contributed by atoms with E-state index < -0.39 is 206 Å². The third-order valence-electron chi connectivity index (χ3n) is 10.4. The van der Waals surface area contributed by atoms with Gasteiger partial charge in [0.05, 0.1) is 45.0 Å². The van der Waals surface area contributed by atoms with Gasteiger partial charge in [-0.1, -0.05) is 24.3 Å². The van der Waals surface area contributed by atoms with Crippen LogP contribution in [0, 0.1) is 116 Å². The Hall–Kier alpha value is -7.40. The van der Waals surface area contributed by atoms with Crippen molar-refractivity contribution in [2.45, 2.75) is 0 Å². The van der Waals surface area contributed by atoms with Gasteiger partial charge in [-0.05, 0) is 46.6 Å². The first-order chi connectivity index (χ1) is 32.1. The maximum Gasteiger partial charge on any atom is 2.00 e. The molecule has 0 unspecified atom stereocenters. The molecule has 352 valence electrons. The minimum Gasteiger partial charge on any atom is -0.657 e. The quantitative estimate of drug-likeness (QED) is 0.0763. The van der Waals surface area contributed by atoms with Gasteiger partial charge in [0, 0.05) is 0 Å². The third kappa shape index (κ3) is 6.99. The van der Waals surface area contributed by atoms with Gasteiger partial charge in [0.25, 0.3) is 0 Å². The van der Waals surface area contributed by atoms with Crippen LogP contribution in [0.15, 0.2) is 24.3 Å². The third-order valence-corrected chi connectivity index (χ3v) is 10.4. The summed E-state index contributed by atoms with van der Waals surface area (Å²) < 4.78 is 303. The van der Waals surface area contributed by atoms with E-state index in [-0.39, 0.29) is 17.1 Å². The molecule has 4 nitrogen and oxygen atoms in total. The fourth-order valence-corrected chi connectivity index (χ4v) is 7.41. The molecule has 0 amide bonds. The molecule has 5 heterocycles. The fraction of sp³-hybridized carbons (Fsp3) is 0. The molecule has 0 saturated heterocycles. The normalized spacial score (nSPS) is 12.1. The van der Waals surface area contributed by atoms with Gasteiger partial charge >= 0.3 is 17.1 Å². The average Bonchev–Trinajstić information content (AvgIpc) is 4.18. The number of rotatable bonds is 4. The first-order valence-electron chi connectivity index (χ1n) is 18.2. The van der Waals surface area contributed by atoms with E-state index in [2.05, 4.69) is 19.9 Å². The number of benzene rings is 4. The van der Waals surface area contributed by atoms with Crippen molar-refractivity contribution >= 4 is 46.4 Å². The average molecular weight is 1030 g/mol. The molecule has 0 N–H and O–H groups in total. The summed E-state index contributed by atoms with van der Waals surface area (Å²) >= 11 is 0. The zero-order valence-electron chi connectivity index (χ0n) is 32.3. The molecule has 0 aliphatic carbocycles. The molecule has 69 heavy (non-hydrogen) atoms. The van der Waals surface area contributed by atoms with Crippen LogP contribution in [0.2, 0.25) is 0 Å². The summed E-state index contributed by atoms with van der Waals surface area (Å²) in [5, 5.41) is 0. The number of nitrogens with zero attached hydrogens (tertiary/aromatic N) is 4. The summed E-state index contributed by atoms with van der Waals surface area (Å²) in [6, 6.07) is 2.26. The smallest absolute Gasteiger partial charge is 0.657 e. The van der Waals surface area contributed by atoms with Gasteiger partial charge in [-0.2, -0.15) is 0 Å². The Bertz CT molecular complexity index is 3120. The Labute approximate surface area is 378 Å². The van der Waals surface area contributed by atoms with Crippen LogP contribution in [0.1, 0.15) is 22.8 Å². The van der Waals surface area contributed by atoms with Crippen molar-refractivity contribution in [3.05, 3.63) is 163 Å². The maximum absolute atomic E-state index is 15.8. The van der Waals surface area contributed by atoms with E-state index in [0.29, 0.717) is 48.6 Å². The molecule has 8 bridgehead atoms. The zero-order valence-corrected chi connectivity index (χ0v) is 33.4. The van der Waals surface area contributed by atoms with Gasteiger partial charge in [-0.15, -0.1) is 22.1 Å². The van der Waals surface area contributed by atoms with Crippen molar-refractivity contribution in [2.75, 3.05) is 0 Å². The Morgan fingerprint density at radius 2 is 0.362 bits per heavy atom. The van der Waals surface area contributed by atoms with E-state index >= 15 is 35.1 Å². The molecule has 0 spiro atoms. The predicted molar refractivity (Wildman–Crippen MR) is 198 cm³/mol. The monoisotopic (exact) mass is 1030 g/mol. The molecule has 2 aliphatic rings. The SMILES string of the molecule is Fc1c(F)c(F)c(-c2c3nc(c(-c4c(F)c(F)c(F)c(F)c4F)c4ccc([n-]4)c(-c4c(F)c(F)c(F)c(F)c4F)c4nc(c(-c5c(F)c(F)c(F)c(F)c5F)c5ccc2[n-]5)C=C4)C=C3)c(F)c1F.[Fe+2]. The number of fused-ring (bicyclic) bond motifs is 8. The molecule has 9 rings (SSSR count). The molecule has 0 saturated carbocycles. The predicted octanol–water partition coefficient (Wildman–Crippen LogP) is 13.4. The van der Waals surface area contributed by atoms with Crippen molar-refractivity contribution in [1.82, 2.24) is 19.9 Å². The molecule has 3 aromatic heterocycles. The summed E-state index contributed by atoms with van der Waals surface area (Å²) in [7, 11) is 0. The summed E-state index contributed by atoms with van der Waals surface area (Å²) in [5.74, 6) is -53.1. The van der Waals surface area contributed by atoms with Crippen LogP contribution in [-0.4, -0.2) is 9.97 Å². The van der Waals surface area contributed by atoms with Crippen LogP contribution < -0.4 is 9.97 Å². The van der Waals surface area contributed by atoms with Crippen molar-refractivity contribution in [2.24, 2.45) is 0 Å². The Balaban J connectivity index is 0.00000642. The topological polar surface area (TPSA) is 54.0 Å². The van der Waals surface area contributed by atoms with E-state index in [9.17, 15) is 52.7 Å². The maximum atomic E-state index is 15.8. The largest absolute Gasteiger partial charge is 2.00 e. The van der Waals surface area contributed by atoms with E-state index in [1.54, 1.807) is 0 Å². The van der Waals surface area contributed by atoms with Gasteiger partial charge < -0.3 is 9.97 Å². The minimum atomic E-state index is -2.73. The molecule has 4 aromatic carbocycles. The van der Waals surface area contributed by atoms with E-state index in [0.717, 1.165) is 0 Å². The van der Waals surface area contributed by atoms with Crippen LogP contribution in [0.25, 0.3) is 90.9 Å². The van der Waals surface area contributed by atoms with Gasteiger partial charge in [0.15, 0.2) is 93.1 Å². The molecule has 7 aromatic rings. The summed E-state index contributed by atoms with van der Waals surface area (Å²) in [6.07, 6.45) is 2.26. The van der Waals surface area contributed by atoms with E-state index in [1.807, 2.05) is 0 Å². The fourth-order valence-electron chi connectivity index (χ4n) is 7.41. The van der Waals surface area contributed by atoms with E-state index in [4.69, 9.17) is 0 Å². The zero-order chi connectivity index (χ0) is 49.3. The van der Waals surface area contributed by atoms with Crippen molar-refractivity contribution < 1.29 is 105 Å². The standard InChI is InChI=1S/C44H8F20N4.Fe/c45-25-21(26(46)34(54)41(61)33(25)53)17-9-1-2-10(65-9)18(22-27(47)35(55)42(62)36(56)28(22)48)12-5-6-14(67-12)20(24-31(51)39(59)44(64)40(60)32(24)52)16-8-7-15(68-16)19(13-4-3-11(17)66-13)23-29(49)37(57)43(63)38(58)30(23)50;/h1-8H;/q-2;+2. The molecule has 0 atom stereocenters. The van der Waals surface area contributed by atoms with Gasteiger partial charge in [-0.25, -0.2) is 97.8 Å². The second kappa shape index (κ2) is 17.0. The Kier molecular flexibility index (Phi) is 11.8. The summed E-state index contributed by atoms with van der Waals surface area (Å²) in [5.41, 5.74) is -21.6. The molecule has 2 aliphatic heterocycles. The van der Waals surface area contributed by atoms with Crippen LogP contribution in [0.5, 0.6) is 0 Å². The second-order valence-electron chi connectivity index (χ2n) is 14.1. The van der Waals surface area contributed by atoms with Gasteiger partial charge in [0.1, 0.15) is 0 Å². The van der Waals surface area contributed by atoms with Gasteiger partial charge in [0.2, 0.25) is 23.3 Å². The van der Waals surface area contributed by atoms with Crippen molar-refractivity contribution in [3.63, 3.8) is 0 Å². The first-order valence-corrected chi connectivity index (χ1v) is 18.2. The van der Waals surface area contributed by atoms with Crippen LogP contribution in [-0.2, 0) is 17.1 Å². The molecule has 25 heteroatoms. The molecular formula is C44H8F20FeN4. The number of aromatic nitrogens is 4. The molecular weight excluding hydrogens is 1020 g/mol. The van der Waals surface area contributed by atoms with Crippen LogP contribution in [0.4, 0.5) is 87.8 Å². The van der Waals surface area contributed by atoms with E-state index in [1.165, 1.54) is 0 Å². The van der Waals surface area contributed by atoms with Crippen LogP contribution in [0.3, 0.4) is 0 Å². The number of hydrogen-bond acceptors (Lipinski definition) is 2. The summed E-state index contributed by atoms with van der Waals surface area (Å²) in [4.78, 5) is 15.6. The second-order valence-corrected chi connectivity index (χ2v) is 14.1. The minimum absolute atomic E-state index is 0. The van der Waals surface area contributed by atoms with Crippen LogP contribution >= 0.6 is 0 Å². The Morgan fingerprint density at radius 3 is 0.522 bits per heavy atom. The first kappa shape index (κ1) is 48.1. The van der Waals surface area contributed by atoms with Crippen molar-refractivity contribution in [3.8, 4) is 44.5 Å². The summed E-state index contributed by atoms with van der Waals surface area (Å²) in [6.45, 7) is 0. The number of halogens is 20. The Morgan fingerprint density at radius 1 is 0.217 bits per heavy atom. The van der Waals surface area contributed by atoms with Crippen molar-refractivity contribution in [1.29, 1.82) is 0 Å². The molecule has 0 radical (unpaired) electrons. The number of hydrogen-bond donors (Lipinski definition) is 0.